The molecule has 128 valence electrons. The predicted molar refractivity (Wildman–Crippen MR) is 87.9 cm³/mol. The Hall–Kier alpha value is -2.34. The van der Waals surface area contributed by atoms with E-state index < -0.39 is 11.6 Å². The third kappa shape index (κ3) is 3.59. The summed E-state index contributed by atoms with van der Waals surface area (Å²) in [6.45, 7) is 5.78. The molecule has 0 saturated carbocycles. The van der Waals surface area contributed by atoms with Crippen LogP contribution in [0.1, 0.15) is 29.9 Å². The lowest BCUT2D eigenvalue weighted by Crippen LogP contribution is -2.53. The van der Waals surface area contributed by atoms with Gasteiger partial charge in [0.2, 0.25) is 5.60 Å². The fraction of sp³-hybridized carbons (Fsp3) is 0.444. The van der Waals surface area contributed by atoms with Crippen LogP contribution < -0.4 is 4.74 Å². The number of aromatic nitrogens is 1. The number of aliphatic carboxylic acids is 1. The normalized spacial score (nSPS) is 17.6. The quantitative estimate of drug-likeness (QED) is 0.908. The molecule has 1 aliphatic rings. The van der Waals surface area contributed by atoms with Crippen molar-refractivity contribution in [1.29, 1.82) is 0 Å². The van der Waals surface area contributed by atoms with E-state index in [-0.39, 0.29) is 0 Å². The van der Waals surface area contributed by atoms with Gasteiger partial charge in [-0.1, -0.05) is 22.9 Å². The molecule has 0 bridgehead atoms. The van der Waals surface area contributed by atoms with Crippen LogP contribution in [-0.4, -0.2) is 39.8 Å². The summed E-state index contributed by atoms with van der Waals surface area (Å²) < 4.78 is 11.1. The number of nitrogens with zero attached hydrogens (tertiary/aromatic N) is 2. The zero-order chi connectivity index (χ0) is 17.2. The molecule has 24 heavy (non-hydrogen) atoms. The number of carboxylic acid groups (broad SMARTS) is 1. The number of benzene rings is 1. The Morgan fingerprint density at radius 3 is 2.50 bits per heavy atom. The number of rotatable bonds is 5. The highest BCUT2D eigenvalue weighted by Gasteiger charge is 2.44. The van der Waals surface area contributed by atoms with Gasteiger partial charge in [0.15, 0.2) is 5.76 Å². The largest absolute Gasteiger partial charge is 0.478 e. The molecule has 1 fully saturated rings. The van der Waals surface area contributed by atoms with Crippen molar-refractivity contribution in [2.24, 2.45) is 0 Å². The highest BCUT2D eigenvalue weighted by Crippen LogP contribution is 2.30. The standard InChI is InChI=1S/C18H22N2O4/c1-13-3-5-15(6-4-13)23-18(17(21)22)7-9-20(10-8-18)12-16-11-14(2)19-24-16/h3-6,11H,7-10,12H2,1-2H3,(H,21,22). The van der Waals surface area contributed by atoms with Gasteiger partial charge in [0.25, 0.3) is 0 Å². The van der Waals surface area contributed by atoms with Gasteiger partial charge in [-0.3, -0.25) is 4.90 Å². The summed E-state index contributed by atoms with van der Waals surface area (Å²) in [5.41, 5.74) is 0.803. The van der Waals surface area contributed by atoms with Crippen LogP contribution in [0.15, 0.2) is 34.9 Å². The molecule has 0 spiro atoms. The lowest BCUT2D eigenvalue weighted by Gasteiger charge is -2.38. The first-order chi connectivity index (χ1) is 11.5. The molecule has 6 heteroatoms. The summed E-state index contributed by atoms with van der Waals surface area (Å²) in [6.07, 6.45) is 0.868. The Kier molecular flexibility index (Phi) is 4.57. The first-order valence-electron chi connectivity index (χ1n) is 8.10. The van der Waals surface area contributed by atoms with Crippen molar-refractivity contribution >= 4 is 5.97 Å². The van der Waals surface area contributed by atoms with Crippen LogP contribution in [0.2, 0.25) is 0 Å². The molecule has 0 unspecified atom stereocenters. The van der Waals surface area contributed by atoms with Crippen molar-refractivity contribution in [3.05, 3.63) is 47.3 Å². The highest BCUT2D eigenvalue weighted by atomic mass is 16.5. The minimum absolute atomic E-state index is 0.434. The van der Waals surface area contributed by atoms with Gasteiger partial charge in [-0.05, 0) is 26.0 Å². The number of piperidine rings is 1. The molecule has 1 saturated heterocycles. The average molecular weight is 330 g/mol. The zero-order valence-electron chi connectivity index (χ0n) is 14.0. The van der Waals surface area contributed by atoms with E-state index >= 15 is 0 Å². The van der Waals surface area contributed by atoms with Crippen LogP contribution in [0.4, 0.5) is 0 Å². The predicted octanol–water partition coefficient (Wildman–Crippen LogP) is 2.79. The molecule has 1 aromatic heterocycles. The number of aryl methyl sites for hydroxylation is 2. The van der Waals surface area contributed by atoms with Crippen LogP contribution in [0, 0.1) is 13.8 Å². The van der Waals surface area contributed by atoms with E-state index in [0.29, 0.717) is 38.2 Å². The van der Waals surface area contributed by atoms with E-state index in [1.807, 2.05) is 44.2 Å². The number of carbonyl (C=O) groups is 1. The molecule has 0 atom stereocenters. The van der Waals surface area contributed by atoms with Gasteiger partial charge in [0.1, 0.15) is 5.75 Å². The van der Waals surface area contributed by atoms with Gasteiger partial charge < -0.3 is 14.4 Å². The Bertz CT molecular complexity index is 700. The van der Waals surface area contributed by atoms with Crippen LogP contribution in [0.3, 0.4) is 0 Å². The van der Waals surface area contributed by atoms with Crippen molar-refractivity contribution in [2.45, 2.75) is 38.8 Å². The maximum Gasteiger partial charge on any atom is 0.348 e. The number of likely N-dealkylation sites (tertiary alicyclic amines) is 1. The molecular weight excluding hydrogens is 308 g/mol. The van der Waals surface area contributed by atoms with Gasteiger partial charge in [-0.2, -0.15) is 0 Å². The third-order valence-electron chi connectivity index (χ3n) is 4.44. The maximum atomic E-state index is 11.8. The molecule has 3 rings (SSSR count). The molecule has 6 nitrogen and oxygen atoms in total. The molecular formula is C18H22N2O4. The van der Waals surface area contributed by atoms with Gasteiger partial charge in [-0.15, -0.1) is 0 Å². The fourth-order valence-corrected chi connectivity index (χ4v) is 2.98. The lowest BCUT2D eigenvalue weighted by atomic mass is 9.91. The monoisotopic (exact) mass is 330 g/mol. The van der Waals surface area contributed by atoms with Crippen molar-refractivity contribution in [2.75, 3.05) is 13.1 Å². The van der Waals surface area contributed by atoms with E-state index in [1.54, 1.807) is 0 Å². The summed E-state index contributed by atoms with van der Waals surface area (Å²) in [7, 11) is 0. The number of ether oxygens (including phenoxy) is 1. The summed E-state index contributed by atoms with van der Waals surface area (Å²) in [4.78, 5) is 14.0. The molecule has 0 aliphatic carbocycles. The van der Waals surface area contributed by atoms with Gasteiger partial charge >= 0.3 is 5.97 Å². The second-order valence-corrected chi connectivity index (χ2v) is 6.43. The SMILES string of the molecule is Cc1ccc(OC2(C(=O)O)CCN(Cc3cc(C)no3)CC2)cc1. The molecule has 0 radical (unpaired) electrons. The molecule has 1 N–H and O–H groups in total. The van der Waals surface area contributed by atoms with E-state index in [2.05, 4.69) is 10.1 Å². The summed E-state index contributed by atoms with van der Waals surface area (Å²) in [5.74, 6) is 0.496. The first kappa shape index (κ1) is 16.5. The van der Waals surface area contributed by atoms with E-state index in [9.17, 15) is 9.90 Å². The number of hydrogen-bond donors (Lipinski definition) is 1. The topological polar surface area (TPSA) is 75.8 Å². The summed E-state index contributed by atoms with van der Waals surface area (Å²) >= 11 is 0. The van der Waals surface area contributed by atoms with Crippen molar-refractivity contribution in [1.82, 2.24) is 10.1 Å². The van der Waals surface area contributed by atoms with Crippen molar-refractivity contribution in [3.63, 3.8) is 0 Å². The molecule has 2 heterocycles. The Labute approximate surface area is 141 Å². The van der Waals surface area contributed by atoms with Gasteiger partial charge in [-0.25, -0.2) is 4.79 Å². The summed E-state index contributed by atoms with van der Waals surface area (Å²) in [5, 5.41) is 13.6. The second kappa shape index (κ2) is 6.65. The fourth-order valence-electron chi connectivity index (χ4n) is 2.98. The third-order valence-corrected chi connectivity index (χ3v) is 4.44. The number of carboxylic acids is 1. The molecule has 2 aromatic rings. The first-order valence-corrected chi connectivity index (χ1v) is 8.10. The van der Waals surface area contributed by atoms with E-state index in [4.69, 9.17) is 9.26 Å². The second-order valence-electron chi connectivity index (χ2n) is 6.43. The molecule has 1 aromatic carbocycles. The smallest absolute Gasteiger partial charge is 0.348 e. The van der Waals surface area contributed by atoms with Crippen LogP contribution in [-0.2, 0) is 11.3 Å². The average Bonchev–Trinajstić information content (AvgIpc) is 2.96. The van der Waals surface area contributed by atoms with Gasteiger partial charge in [0.05, 0.1) is 12.2 Å². The van der Waals surface area contributed by atoms with E-state index in [0.717, 1.165) is 17.0 Å². The van der Waals surface area contributed by atoms with Crippen molar-refractivity contribution in [3.8, 4) is 5.75 Å². The highest BCUT2D eigenvalue weighted by molar-refractivity contribution is 5.78. The summed E-state index contributed by atoms with van der Waals surface area (Å²) in [6, 6.07) is 9.40. The minimum Gasteiger partial charge on any atom is -0.478 e. The Balaban J connectivity index is 1.65. The van der Waals surface area contributed by atoms with Crippen molar-refractivity contribution < 1.29 is 19.2 Å². The van der Waals surface area contributed by atoms with Crippen LogP contribution in [0.25, 0.3) is 0 Å². The van der Waals surface area contributed by atoms with Crippen LogP contribution in [0.5, 0.6) is 5.75 Å². The zero-order valence-corrected chi connectivity index (χ0v) is 14.0. The molecule has 1 aliphatic heterocycles. The van der Waals surface area contributed by atoms with E-state index in [1.165, 1.54) is 0 Å². The Morgan fingerprint density at radius 1 is 1.29 bits per heavy atom. The Morgan fingerprint density at radius 2 is 1.96 bits per heavy atom. The van der Waals surface area contributed by atoms with Gasteiger partial charge in [0, 0.05) is 32.0 Å². The molecule has 0 amide bonds. The maximum absolute atomic E-state index is 11.8. The number of hydrogen-bond acceptors (Lipinski definition) is 5. The minimum atomic E-state index is -1.16. The van der Waals surface area contributed by atoms with Crippen LogP contribution >= 0.6 is 0 Å². The lowest BCUT2D eigenvalue weighted by molar-refractivity contribution is -0.160.